The molecule has 27 heavy (non-hydrogen) atoms. The first-order valence-electron chi connectivity index (χ1n) is 9.16. The van der Waals surface area contributed by atoms with E-state index in [1.54, 1.807) is 24.0 Å². The van der Waals surface area contributed by atoms with E-state index in [9.17, 15) is 9.59 Å². The fourth-order valence-electron chi connectivity index (χ4n) is 2.87. The Morgan fingerprint density at radius 3 is 2.30 bits per heavy atom. The maximum atomic E-state index is 13.0. The summed E-state index contributed by atoms with van der Waals surface area (Å²) in [5.41, 5.74) is 2.98. The molecule has 2 aromatic rings. The molecule has 0 heterocycles. The second kappa shape index (κ2) is 9.56. The average molecular weight is 387 g/mol. The molecule has 1 unspecified atom stereocenters. The molecule has 0 aliphatic carbocycles. The van der Waals surface area contributed by atoms with Gasteiger partial charge in [-0.3, -0.25) is 9.59 Å². The van der Waals surface area contributed by atoms with Gasteiger partial charge in [0.25, 0.3) is 0 Å². The van der Waals surface area contributed by atoms with Gasteiger partial charge in [0.15, 0.2) is 0 Å². The van der Waals surface area contributed by atoms with E-state index in [0.29, 0.717) is 11.6 Å². The lowest BCUT2D eigenvalue weighted by Gasteiger charge is -2.29. The third kappa shape index (κ3) is 6.40. The van der Waals surface area contributed by atoms with E-state index in [1.807, 2.05) is 57.2 Å². The van der Waals surface area contributed by atoms with Crippen LogP contribution in [0.2, 0.25) is 5.02 Å². The number of carbonyl (C=O) groups excluding carboxylic acids is 2. The first-order chi connectivity index (χ1) is 12.8. The molecule has 144 valence electrons. The van der Waals surface area contributed by atoms with Crippen LogP contribution < -0.4 is 5.32 Å². The largest absolute Gasteiger partial charge is 0.352 e. The highest BCUT2D eigenvalue weighted by molar-refractivity contribution is 6.30. The first-order valence-corrected chi connectivity index (χ1v) is 9.54. The number of amides is 2. The molecule has 0 spiro atoms. The predicted molar refractivity (Wildman–Crippen MR) is 110 cm³/mol. The first kappa shape index (κ1) is 21.0. The predicted octanol–water partition coefficient (Wildman–Crippen LogP) is 4.13. The van der Waals surface area contributed by atoms with E-state index < -0.39 is 6.04 Å². The number of nitrogens with one attached hydrogen (secondary N) is 1. The Labute approximate surface area is 166 Å². The number of benzene rings is 2. The van der Waals surface area contributed by atoms with E-state index >= 15 is 0 Å². The Morgan fingerprint density at radius 1 is 1.04 bits per heavy atom. The average Bonchev–Trinajstić information content (AvgIpc) is 2.60. The van der Waals surface area contributed by atoms with Gasteiger partial charge in [0.1, 0.15) is 6.04 Å². The van der Waals surface area contributed by atoms with Crippen molar-refractivity contribution in [2.75, 3.05) is 0 Å². The molecule has 2 aromatic carbocycles. The number of hydrogen-bond donors (Lipinski definition) is 1. The Balaban J connectivity index is 2.22. The van der Waals surface area contributed by atoms with Crippen LogP contribution in [0.15, 0.2) is 48.5 Å². The van der Waals surface area contributed by atoms with E-state index in [4.69, 9.17) is 11.6 Å². The molecule has 4 nitrogen and oxygen atoms in total. The molecule has 2 rings (SSSR count). The summed E-state index contributed by atoms with van der Waals surface area (Å²) >= 11 is 5.96. The smallest absolute Gasteiger partial charge is 0.242 e. The van der Waals surface area contributed by atoms with Crippen molar-refractivity contribution >= 4 is 23.4 Å². The zero-order valence-electron chi connectivity index (χ0n) is 16.3. The second-order valence-corrected chi connectivity index (χ2v) is 7.59. The fourth-order valence-corrected chi connectivity index (χ4v) is 3.00. The van der Waals surface area contributed by atoms with Crippen LogP contribution >= 0.6 is 11.6 Å². The fraction of sp³-hybridized carbons (Fsp3) is 0.364. The summed E-state index contributed by atoms with van der Waals surface area (Å²) in [6.45, 7) is 7.93. The summed E-state index contributed by atoms with van der Waals surface area (Å²) in [7, 11) is 0. The SMILES string of the molecule is Cc1cccc(CC(=O)N(Cc2ccc(Cl)cc2)C(C)C(=O)NC(C)C)c1. The summed E-state index contributed by atoms with van der Waals surface area (Å²) in [4.78, 5) is 27.2. The van der Waals surface area contributed by atoms with Crippen LogP contribution in [-0.4, -0.2) is 28.8 Å². The third-order valence-corrected chi connectivity index (χ3v) is 4.55. The van der Waals surface area contributed by atoms with E-state index in [1.165, 1.54) is 0 Å². The van der Waals surface area contributed by atoms with Gasteiger partial charge in [-0.2, -0.15) is 0 Å². The van der Waals surface area contributed by atoms with Crippen LogP contribution in [0.25, 0.3) is 0 Å². The van der Waals surface area contributed by atoms with Gasteiger partial charge in [-0.25, -0.2) is 0 Å². The van der Waals surface area contributed by atoms with Gasteiger partial charge in [0.05, 0.1) is 6.42 Å². The summed E-state index contributed by atoms with van der Waals surface area (Å²) in [6.07, 6.45) is 0.259. The van der Waals surface area contributed by atoms with Crippen LogP contribution in [0.4, 0.5) is 0 Å². The molecule has 2 amide bonds. The molecular formula is C22H27ClN2O2. The van der Waals surface area contributed by atoms with Crippen LogP contribution in [0.1, 0.15) is 37.5 Å². The van der Waals surface area contributed by atoms with Crippen molar-refractivity contribution in [3.8, 4) is 0 Å². The molecule has 0 saturated carbocycles. The summed E-state index contributed by atoms with van der Waals surface area (Å²) in [5.74, 6) is -0.237. The molecule has 0 fully saturated rings. The van der Waals surface area contributed by atoms with Crippen LogP contribution in [0, 0.1) is 6.92 Å². The molecule has 0 saturated heterocycles. The van der Waals surface area contributed by atoms with Gasteiger partial charge in [-0.1, -0.05) is 53.6 Å². The topological polar surface area (TPSA) is 49.4 Å². The number of rotatable bonds is 7. The standard InChI is InChI=1S/C22H27ClN2O2/c1-15(2)24-22(27)17(4)25(14-18-8-10-20(23)11-9-18)21(26)13-19-7-5-6-16(3)12-19/h5-12,15,17H,13-14H2,1-4H3,(H,24,27). The van der Waals surface area contributed by atoms with E-state index in [-0.39, 0.29) is 24.3 Å². The van der Waals surface area contributed by atoms with Crippen molar-refractivity contribution in [2.45, 2.75) is 52.7 Å². The zero-order valence-corrected chi connectivity index (χ0v) is 17.1. The Kier molecular flexibility index (Phi) is 7.43. The molecule has 0 aliphatic heterocycles. The van der Waals surface area contributed by atoms with Gasteiger partial charge in [0.2, 0.25) is 11.8 Å². The Hall–Kier alpha value is -2.33. The third-order valence-electron chi connectivity index (χ3n) is 4.30. The molecule has 5 heteroatoms. The molecule has 0 aliphatic rings. The highest BCUT2D eigenvalue weighted by Gasteiger charge is 2.26. The number of aryl methyl sites for hydroxylation is 1. The highest BCUT2D eigenvalue weighted by atomic mass is 35.5. The lowest BCUT2D eigenvalue weighted by atomic mass is 10.1. The molecular weight excluding hydrogens is 360 g/mol. The van der Waals surface area contributed by atoms with E-state index in [0.717, 1.165) is 16.7 Å². The monoisotopic (exact) mass is 386 g/mol. The van der Waals surface area contributed by atoms with Crippen molar-refractivity contribution in [1.29, 1.82) is 0 Å². The number of carbonyl (C=O) groups is 2. The lowest BCUT2D eigenvalue weighted by Crippen LogP contribution is -2.49. The van der Waals surface area contributed by atoms with E-state index in [2.05, 4.69) is 5.32 Å². The summed E-state index contributed by atoms with van der Waals surface area (Å²) < 4.78 is 0. The van der Waals surface area contributed by atoms with Gasteiger partial charge in [0, 0.05) is 17.6 Å². The maximum Gasteiger partial charge on any atom is 0.242 e. The number of halogens is 1. The lowest BCUT2D eigenvalue weighted by molar-refractivity contribution is -0.140. The molecule has 0 aromatic heterocycles. The van der Waals surface area contributed by atoms with Crippen molar-refractivity contribution in [3.05, 3.63) is 70.2 Å². The van der Waals surface area contributed by atoms with Crippen molar-refractivity contribution in [3.63, 3.8) is 0 Å². The van der Waals surface area contributed by atoms with Gasteiger partial charge in [-0.15, -0.1) is 0 Å². The maximum absolute atomic E-state index is 13.0. The second-order valence-electron chi connectivity index (χ2n) is 7.15. The van der Waals surface area contributed by atoms with Crippen molar-refractivity contribution < 1.29 is 9.59 Å². The number of nitrogens with zero attached hydrogens (tertiary/aromatic N) is 1. The number of hydrogen-bond acceptors (Lipinski definition) is 2. The minimum absolute atomic E-state index is 0.0178. The molecule has 1 N–H and O–H groups in total. The van der Waals surface area contributed by atoms with Crippen molar-refractivity contribution in [2.24, 2.45) is 0 Å². The minimum Gasteiger partial charge on any atom is -0.352 e. The normalized spacial score (nSPS) is 11.9. The van der Waals surface area contributed by atoms with Crippen LogP contribution in [0.5, 0.6) is 0 Å². The highest BCUT2D eigenvalue weighted by Crippen LogP contribution is 2.15. The quantitative estimate of drug-likeness (QED) is 0.777. The van der Waals surface area contributed by atoms with Gasteiger partial charge >= 0.3 is 0 Å². The molecule has 1 atom stereocenters. The van der Waals surface area contributed by atoms with Gasteiger partial charge < -0.3 is 10.2 Å². The van der Waals surface area contributed by atoms with Crippen molar-refractivity contribution in [1.82, 2.24) is 10.2 Å². The molecule has 0 bridgehead atoms. The zero-order chi connectivity index (χ0) is 20.0. The van der Waals surface area contributed by atoms with Crippen LogP contribution in [-0.2, 0) is 22.6 Å². The Bertz CT molecular complexity index is 787. The summed E-state index contributed by atoms with van der Waals surface area (Å²) in [6, 6.07) is 14.7. The molecule has 0 radical (unpaired) electrons. The van der Waals surface area contributed by atoms with Gasteiger partial charge in [-0.05, 0) is 51.0 Å². The Morgan fingerprint density at radius 2 is 1.70 bits per heavy atom. The minimum atomic E-state index is -0.569. The summed E-state index contributed by atoms with van der Waals surface area (Å²) in [5, 5.41) is 3.53. The van der Waals surface area contributed by atoms with Crippen LogP contribution in [0.3, 0.4) is 0 Å².